The summed E-state index contributed by atoms with van der Waals surface area (Å²) in [6.07, 6.45) is 5.85. The largest absolute Gasteiger partial charge is 0.475 e. The number of fused-ring (bicyclic) bond motifs is 1. The Hall–Kier alpha value is -2.86. The van der Waals surface area contributed by atoms with Crippen LogP contribution in [0.3, 0.4) is 0 Å². The van der Waals surface area contributed by atoms with Crippen molar-refractivity contribution in [2.24, 2.45) is 0 Å². The highest BCUT2D eigenvalue weighted by atomic mass is 16.5. The van der Waals surface area contributed by atoms with Gasteiger partial charge in [0.15, 0.2) is 0 Å². The van der Waals surface area contributed by atoms with Gasteiger partial charge < -0.3 is 19.4 Å². The van der Waals surface area contributed by atoms with Gasteiger partial charge in [-0.2, -0.15) is 0 Å². The molecule has 140 valence electrons. The highest BCUT2D eigenvalue weighted by Gasteiger charge is 2.16. The highest BCUT2D eigenvalue weighted by molar-refractivity contribution is 5.93. The number of nitrogens with zero attached hydrogens (tertiary/aromatic N) is 2. The van der Waals surface area contributed by atoms with Crippen LogP contribution in [0.25, 0.3) is 10.9 Å². The van der Waals surface area contributed by atoms with Crippen LogP contribution >= 0.6 is 0 Å². The number of amides is 1. The van der Waals surface area contributed by atoms with E-state index in [1.165, 1.54) is 10.9 Å². The maximum absolute atomic E-state index is 12.3. The molecule has 0 bridgehead atoms. The third-order valence-corrected chi connectivity index (χ3v) is 4.76. The van der Waals surface area contributed by atoms with Gasteiger partial charge in [0.1, 0.15) is 6.61 Å². The van der Waals surface area contributed by atoms with Gasteiger partial charge in [0.05, 0.1) is 11.7 Å². The van der Waals surface area contributed by atoms with Crippen LogP contribution in [0.4, 0.5) is 0 Å². The molecule has 27 heavy (non-hydrogen) atoms. The average Bonchev–Trinajstić information content (AvgIpc) is 3.37. The fraction of sp³-hybridized carbons (Fsp3) is 0.333. The molecular formula is C21H23N3O3. The molecule has 2 aromatic heterocycles. The summed E-state index contributed by atoms with van der Waals surface area (Å²) in [5.74, 6) is 0.380. The van der Waals surface area contributed by atoms with E-state index in [-0.39, 0.29) is 12.0 Å². The van der Waals surface area contributed by atoms with Gasteiger partial charge in [0, 0.05) is 43.7 Å². The van der Waals surface area contributed by atoms with E-state index in [0.717, 1.165) is 26.0 Å². The molecule has 0 unspecified atom stereocenters. The number of hydrogen-bond acceptors (Lipinski definition) is 4. The first-order valence-corrected chi connectivity index (χ1v) is 9.32. The minimum atomic E-state index is -0.135. The van der Waals surface area contributed by atoms with E-state index >= 15 is 0 Å². The fourth-order valence-electron chi connectivity index (χ4n) is 3.28. The maximum atomic E-state index is 12.3. The van der Waals surface area contributed by atoms with Gasteiger partial charge in [-0.3, -0.25) is 4.79 Å². The lowest BCUT2D eigenvalue weighted by atomic mass is 10.2. The van der Waals surface area contributed by atoms with Crippen LogP contribution in [0.15, 0.2) is 54.9 Å². The zero-order chi connectivity index (χ0) is 18.5. The molecule has 1 N–H and O–H groups in total. The van der Waals surface area contributed by atoms with E-state index < -0.39 is 0 Å². The number of carbonyl (C=O) groups excluding carboxylic acids is 1. The van der Waals surface area contributed by atoms with Crippen molar-refractivity contribution in [3.05, 3.63) is 60.4 Å². The van der Waals surface area contributed by atoms with Gasteiger partial charge in [0.2, 0.25) is 5.88 Å². The van der Waals surface area contributed by atoms with E-state index in [4.69, 9.17) is 9.47 Å². The van der Waals surface area contributed by atoms with Crippen LogP contribution in [-0.4, -0.2) is 41.3 Å². The molecule has 1 atom stereocenters. The van der Waals surface area contributed by atoms with E-state index in [1.54, 1.807) is 18.3 Å². The first kappa shape index (κ1) is 17.5. The lowest BCUT2D eigenvalue weighted by molar-refractivity contribution is 0.0663. The van der Waals surface area contributed by atoms with Crippen molar-refractivity contribution in [1.29, 1.82) is 0 Å². The fourth-order valence-corrected chi connectivity index (χ4v) is 3.28. The van der Waals surface area contributed by atoms with E-state index in [9.17, 15) is 4.79 Å². The Balaban J connectivity index is 1.26. The molecule has 0 aliphatic carbocycles. The maximum Gasteiger partial charge on any atom is 0.252 e. The van der Waals surface area contributed by atoms with E-state index in [2.05, 4.69) is 33.1 Å². The molecule has 0 spiro atoms. The molecule has 4 rings (SSSR count). The molecule has 0 radical (unpaired) electrons. The average molecular weight is 365 g/mol. The summed E-state index contributed by atoms with van der Waals surface area (Å²) in [6, 6.07) is 13.7. The summed E-state index contributed by atoms with van der Waals surface area (Å²) in [5, 5.41) is 4.14. The van der Waals surface area contributed by atoms with Gasteiger partial charge in [-0.15, -0.1) is 0 Å². The lowest BCUT2D eigenvalue weighted by Gasteiger charge is -2.11. The van der Waals surface area contributed by atoms with E-state index in [1.807, 2.05) is 18.3 Å². The van der Waals surface area contributed by atoms with Crippen LogP contribution in [-0.2, 0) is 11.3 Å². The topological polar surface area (TPSA) is 65.4 Å². The second-order valence-corrected chi connectivity index (χ2v) is 6.65. The third-order valence-electron chi connectivity index (χ3n) is 4.76. The van der Waals surface area contributed by atoms with Gasteiger partial charge in [-0.1, -0.05) is 18.2 Å². The molecule has 1 aliphatic heterocycles. The number of benzene rings is 1. The van der Waals surface area contributed by atoms with Crippen LogP contribution in [0, 0.1) is 0 Å². The summed E-state index contributed by atoms with van der Waals surface area (Å²) >= 11 is 0. The van der Waals surface area contributed by atoms with Crippen molar-refractivity contribution < 1.29 is 14.3 Å². The van der Waals surface area contributed by atoms with Crippen LogP contribution in [0.5, 0.6) is 5.88 Å². The summed E-state index contributed by atoms with van der Waals surface area (Å²) < 4.78 is 13.3. The third kappa shape index (κ3) is 4.28. The molecule has 0 saturated carbocycles. The van der Waals surface area contributed by atoms with Crippen molar-refractivity contribution in [3.8, 4) is 5.88 Å². The highest BCUT2D eigenvalue weighted by Crippen LogP contribution is 2.15. The predicted octanol–water partition coefficient (Wildman–Crippen LogP) is 3.02. The Morgan fingerprint density at radius 3 is 3.00 bits per heavy atom. The Morgan fingerprint density at radius 2 is 2.19 bits per heavy atom. The van der Waals surface area contributed by atoms with Crippen LogP contribution in [0.2, 0.25) is 0 Å². The van der Waals surface area contributed by atoms with Gasteiger partial charge in [-0.05, 0) is 36.4 Å². The molecule has 3 aromatic rings. The van der Waals surface area contributed by atoms with Crippen LogP contribution in [0.1, 0.15) is 23.2 Å². The molecule has 1 fully saturated rings. The quantitative estimate of drug-likeness (QED) is 0.699. The predicted molar refractivity (Wildman–Crippen MR) is 103 cm³/mol. The number of nitrogens with one attached hydrogen (secondary N) is 1. The van der Waals surface area contributed by atoms with Gasteiger partial charge >= 0.3 is 0 Å². The first-order valence-electron chi connectivity index (χ1n) is 9.32. The Morgan fingerprint density at radius 1 is 1.26 bits per heavy atom. The zero-order valence-corrected chi connectivity index (χ0v) is 15.1. The first-order chi connectivity index (χ1) is 13.3. The van der Waals surface area contributed by atoms with E-state index in [0.29, 0.717) is 24.6 Å². The number of hydrogen-bond donors (Lipinski definition) is 1. The molecule has 1 aromatic carbocycles. The molecule has 1 amide bonds. The Bertz CT molecular complexity index is 898. The van der Waals surface area contributed by atoms with Crippen molar-refractivity contribution >= 4 is 16.8 Å². The number of carbonyl (C=O) groups is 1. The molecule has 1 saturated heterocycles. The lowest BCUT2D eigenvalue weighted by Crippen LogP contribution is -2.27. The zero-order valence-electron chi connectivity index (χ0n) is 15.1. The standard InChI is InChI=1S/C21H23N3O3/c25-21(22-10-12-24-11-9-16-4-1-2-6-19(16)24)17-7-8-20(23-14-17)27-15-18-5-3-13-26-18/h1-2,4,6-9,11,14,18H,3,5,10,12-13,15H2,(H,22,25)/t18-/m0/s1. The summed E-state index contributed by atoms with van der Waals surface area (Å²) in [5.41, 5.74) is 1.69. The van der Waals surface area contributed by atoms with Crippen molar-refractivity contribution in [3.63, 3.8) is 0 Å². The molecule has 6 nitrogen and oxygen atoms in total. The van der Waals surface area contributed by atoms with Crippen LogP contribution < -0.4 is 10.1 Å². The SMILES string of the molecule is O=C(NCCn1ccc2ccccc21)c1ccc(OC[C@@H]2CCCO2)nc1. The smallest absolute Gasteiger partial charge is 0.252 e. The summed E-state index contributed by atoms with van der Waals surface area (Å²) in [4.78, 5) is 16.5. The minimum Gasteiger partial charge on any atom is -0.475 e. The number of ether oxygens (including phenoxy) is 2. The van der Waals surface area contributed by atoms with Crippen molar-refractivity contribution in [1.82, 2.24) is 14.9 Å². The monoisotopic (exact) mass is 365 g/mol. The second kappa shape index (κ2) is 8.22. The molecule has 6 heteroatoms. The number of para-hydroxylation sites is 1. The summed E-state index contributed by atoms with van der Waals surface area (Å²) in [7, 11) is 0. The summed E-state index contributed by atoms with van der Waals surface area (Å²) in [6.45, 7) is 2.58. The number of pyridine rings is 1. The molecule has 3 heterocycles. The van der Waals surface area contributed by atoms with Gasteiger partial charge in [0.25, 0.3) is 5.91 Å². The Kier molecular flexibility index (Phi) is 5.34. The Labute approximate surface area is 158 Å². The van der Waals surface area contributed by atoms with Crippen molar-refractivity contribution in [2.45, 2.75) is 25.5 Å². The number of rotatable bonds is 7. The molecule has 1 aliphatic rings. The van der Waals surface area contributed by atoms with Gasteiger partial charge in [-0.25, -0.2) is 4.98 Å². The van der Waals surface area contributed by atoms with Crippen molar-refractivity contribution in [2.75, 3.05) is 19.8 Å². The second-order valence-electron chi connectivity index (χ2n) is 6.65. The number of aromatic nitrogens is 2. The normalized spacial score (nSPS) is 16.5. The molecular weight excluding hydrogens is 342 g/mol. The minimum absolute atomic E-state index is 0.135.